The van der Waals surface area contributed by atoms with Gasteiger partial charge in [0, 0.05) is 11.4 Å². The Bertz CT molecular complexity index is 600. The zero-order valence-electron chi connectivity index (χ0n) is 9.89. The van der Waals surface area contributed by atoms with Crippen LogP contribution < -0.4 is 11.1 Å². The van der Waals surface area contributed by atoms with E-state index >= 15 is 0 Å². The number of halogens is 1. The molecule has 100 valence electrons. The summed E-state index contributed by atoms with van der Waals surface area (Å²) in [6.45, 7) is 0.646. The summed E-state index contributed by atoms with van der Waals surface area (Å²) in [7, 11) is 0. The van der Waals surface area contributed by atoms with Gasteiger partial charge in [-0.05, 0) is 24.6 Å². The van der Waals surface area contributed by atoms with Crippen molar-refractivity contribution in [3.05, 3.63) is 39.2 Å². The fourth-order valence-electron chi connectivity index (χ4n) is 1.55. The van der Waals surface area contributed by atoms with E-state index in [-0.39, 0.29) is 11.3 Å². The van der Waals surface area contributed by atoms with Gasteiger partial charge in [0.2, 0.25) is 0 Å². The monoisotopic (exact) mass is 297 g/mol. The fourth-order valence-corrected chi connectivity index (χ4v) is 2.63. The number of carboxylic acids is 1. The molecule has 0 unspecified atom stereocenters. The molecule has 0 aliphatic heterocycles. The standard InChI is InChI=1S/C12H12ClN3O2S/c13-10-2-1-7(19-10)3-4-15-11-5-8(12(17)18)9(14)6-16-11/h1-2,5-6H,3-4,14H2,(H,15,16)(H,17,18). The summed E-state index contributed by atoms with van der Waals surface area (Å²) in [5, 5.41) is 12.0. The summed E-state index contributed by atoms with van der Waals surface area (Å²) in [5.74, 6) is -0.567. The normalized spacial score (nSPS) is 10.4. The number of nitrogens with one attached hydrogen (secondary N) is 1. The molecule has 0 radical (unpaired) electrons. The minimum absolute atomic E-state index is 0.0525. The van der Waals surface area contributed by atoms with Crippen LogP contribution >= 0.6 is 22.9 Å². The van der Waals surface area contributed by atoms with Crippen LogP contribution in [-0.2, 0) is 6.42 Å². The highest BCUT2D eigenvalue weighted by atomic mass is 35.5. The number of rotatable bonds is 5. The molecule has 19 heavy (non-hydrogen) atoms. The molecular weight excluding hydrogens is 286 g/mol. The highest BCUT2D eigenvalue weighted by Gasteiger charge is 2.09. The van der Waals surface area contributed by atoms with Crippen molar-refractivity contribution in [1.82, 2.24) is 4.98 Å². The summed E-state index contributed by atoms with van der Waals surface area (Å²) in [5.41, 5.74) is 5.74. The molecule has 0 bridgehead atoms. The lowest BCUT2D eigenvalue weighted by molar-refractivity contribution is 0.0698. The van der Waals surface area contributed by atoms with Crippen LogP contribution in [0.2, 0.25) is 4.34 Å². The number of thiophene rings is 1. The second kappa shape index (κ2) is 5.90. The summed E-state index contributed by atoms with van der Waals surface area (Å²) in [4.78, 5) is 16.1. The van der Waals surface area contributed by atoms with Crippen molar-refractivity contribution in [3.8, 4) is 0 Å². The minimum atomic E-state index is -1.06. The van der Waals surface area contributed by atoms with E-state index in [0.29, 0.717) is 12.4 Å². The average molecular weight is 298 g/mol. The molecular formula is C12H12ClN3O2S. The second-order valence-electron chi connectivity index (χ2n) is 3.84. The molecule has 0 aromatic carbocycles. The SMILES string of the molecule is Nc1cnc(NCCc2ccc(Cl)s2)cc1C(=O)O. The van der Waals surface area contributed by atoms with Crippen molar-refractivity contribution >= 4 is 40.4 Å². The van der Waals surface area contributed by atoms with Crippen molar-refractivity contribution in [2.45, 2.75) is 6.42 Å². The second-order valence-corrected chi connectivity index (χ2v) is 5.64. The number of pyridine rings is 1. The maximum Gasteiger partial charge on any atom is 0.337 e. The van der Waals surface area contributed by atoms with Gasteiger partial charge in [0.05, 0.1) is 21.8 Å². The van der Waals surface area contributed by atoms with Gasteiger partial charge in [-0.25, -0.2) is 9.78 Å². The number of nitrogens with zero attached hydrogens (tertiary/aromatic N) is 1. The predicted octanol–water partition coefficient (Wildman–Crippen LogP) is 2.73. The quantitative estimate of drug-likeness (QED) is 0.790. The number of nitrogens with two attached hydrogens (primary N) is 1. The molecule has 2 heterocycles. The average Bonchev–Trinajstić information content (AvgIpc) is 2.77. The highest BCUT2D eigenvalue weighted by molar-refractivity contribution is 7.16. The van der Waals surface area contributed by atoms with Crippen LogP contribution in [0.15, 0.2) is 24.4 Å². The van der Waals surface area contributed by atoms with E-state index in [1.54, 1.807) is 0 Å². The Hall–Kier alpha value is -1.79. The van der Waals surface area contributed by atoms with Gasteiger partial charge >= 0.3 is 5.97 Å². The van der Waals surface area contributed by atoms with E-state index in [2.05, 4.69) is 10.3 Å². The Morgan fingerprint density at radius 3 is 2.95 bits per heavy atom. The summed E-state index contributed by atoms with van der Waals surface area (Å²) < 4.78 is 0.758. The maximum absolute atomic E-state index is 10.9. The molecule has 0 amide bonds. The van der Waals surface area contributed by atoms with Gasteiger partial charge in [-0.1, -0.05) is 11.6 Å². The Labute approximate surface area is 119 Å². The van der Waals surface area contributed by atoms with Gasteiger partial charge in [0.15, 0.2) is 0 Å². The predicted molar refractivity (Wildman–Crippen MR) is 77.1 cm³/mol. The molecule has 2 rings (SSSR count). The topological polar surface area (TPSA) is 88.2 Å². The summed E-state index contributed by atoms with van der Waals surface area (Å²) in [6, 6.07) is 5.25. The Morgan fingerprint density at radius 2 is 2.32 bits per heavy atom. The molecule has 0 fully saturated rings. The molecule has 0 aliphatic carbocycles. The maximum atomic E-state index is 10.9. The van der Waals surface area contributed by atoms with E-state index in [4.69, 9.17) is 22.4 Å². The minimum Gasteiger partial charge on any atom is -0.478 e. The number of hydrogen-bond acceptors (Lipinski definition) is 5. The molecule has 2 aromatic heterocycles. The molecule has 0 saturated heterocycles. The van der Waals surface area contributed by atoms with Crippen LogP contribution in [0.5, 0.6) is 0 Å². The molecule has 4 N–H and O–H groups in total. The van der Waals surface area contributed by atoms with Gasteiger partial charge in [-0.2, -0.15) is 0 Å². The Kier molecular flexibility index (Phi) is 4.24. The zero-order valence-corrected chi connectivity index (χ0v) is 11.5. The van der Waals surface area contributed by atoms with E-state index in [1.807, 2.05) is 12.1 Å². The largest absolute Gasteiger partial charge is 0.478 e. The molecule has 7 heteroatoms. The molecule has 0 aliphatic rings. The Morgan fingerprint density at radius 1 is 1.53 bits per heavy atom. The Balaban J connectivity index is 1.96. The van der Waals surface area contributed by atoms with Gasteiger partial charge < -0.3 is 16.2 Å². The number of aromatic carboxylic acids is 1. The van der Waals surface area contributed by atoms with E-state index in [1.165, 1.54) is 23.6 Å². The van der Waals surface area contributed by atoms with Crippen LogP contribution in [0.1, 0.15) is 15.2 Å². The first-order valence-electron chi connectivity index (χ1n) is 5.53. The van der Waals surface area contributed by atoms with E-state index < -0.39 is 5.97 Å². The van der Waals surface area contributed by atoms with Gasteiger partial charge in [0.1, 0.15) is 5.82 Å². The van der Waals surface area contributed by atoms with E-state index in [9.17, 15) is 4.79 Å². The van der Waals surface area contributed by atoms with Crippen LogP contribution in [0.4, 0.5) is 11.5 Å². The van der Waals surface area contributed by atoms with Crippen LogP contribution in [0.3, 0.4) is 0 Å². The number of hydrogen-bond donors (Lipinski definition) is 3. The lowest BCUT2D eigenvalue weighted by atomic mass is 10.2. The first-order chi connectivity index (χ1) is 9.06. The van der Waals surface area contributed by atoms with Crippen LogP contribution in [0.25, 0.3) is 0 Å². The highest BCUT2D eigenvalue weighted by Crippen LogP contribution is 2.22. The fraction of sp³-hybridized carbons (Fsp3) is 0.167. The summed E-state index contributed by atoms with van der Waals surface area (Å²) >= 11 is 7.36. The lowest BCUT2D eigenvalue weighted by Gasteiger charge is -2.06. The third-order valence-electron chi connectivity index (χ3n) is 2.47. The van der Waals surface area contributed by atoms with E-state index in [0.717, 1.165) is 15.6 Å². The number of anilines is 2. The van der Waals surface area contributed by atoms with Crippen LogP contribution in [-0.4, -0.2) is 22.6 Å². The number of carbonyl (C=O) groups is 1. The third kappa shape index (κ3) is 3.59. The molecule has 5 nitrogen and oxygen atoms in total. The van der Waals surface area contributed by atoms with Crippen LogP contribution in [0, 0.1) is 0 Å². The van der Waals surface area contributed by atoms with Crippen molar-refractivity contribution in [1.29, 1.82) is 0 Å². The van der Waals surface area contributed by atoms with Crippen molar-refractivity contribution in [2.75, 3.05) is 17.6 Å². The lowest BCUT2D eigenvalue weighted by Crippen LogP contribution is -2.09. The van der Waals surface area contributed by atoms with Crippen molar-refractivity contribution < 1.29 is 9.90 Å². The number of carboxylic acid groups (broad SMARTS) is 1. The first-order valence-corrected chi connectivity index (χ1v) is 6.72. The summed E-state index contributed by atoms with van der Waals surface area (Å²) in [6.07, 6.45) is 2.14. The van der Waals surface area contributed by atoms with Crippen molar-refractivity contribution in [2.24, 2.45) is 0 Å². The van der Waals surface area contributed by atoms with Gasteiger partial charge in [0.25, 0.3) is 0 Å². The third-order valence-corrected chi connectivity index (χ3v) is 3.76. The van der Waals surface area contributed by atoms with Crippen molar-refractivity contribution in [3.63, 3.8) is 0 Å². The molecule has 2 aromatic rings. The first kappa shape index (κ1) is 13.6. The van der Waals surface area contributed by atoms with Gasteiger partial charge in [-0.3, -0.25) is 0 Å². The smallest absolute Gasteiger partial charge is 0.337 e. The number of nitrogen functional groups attached to an aromatic ring is 1. The molecule has 0 saturated carbocycles. The van der Waals surface area contributed by atoms with Gasteiger partial charge in [-0.15, -0.1) is 11.3 Å². The molecule has 0 spiro atoms. The molecule has 0 atom stereocenters. The zero-order chi connectivity index (χ0) is 13.8. The number of aromatic nitrogens is 1.